The number of carbonyl (C=O) groups is 1. The molecule has 2 N–H and O–H groups in total. The van der Waals surface area contributed by atoms with Gasteiger partial charge in [-0.2, -0.15) is 0 Å². The molecular formula is C9H19NO2. The Morgan fingerprint density at radius 3 is 2.50 bits per heavy atom. The fraction of sp³-hybridized carbons (Fsp3) is 0.889. The summed E-state index contributed by atoms with van der Waals surface area (Å²) in [5, 5.41) is 0. The van der Waals surface area contributed by atoms with E-state index in [1.165, 1.54) is 0 Å². The molecule has 0 aromatic rings. The minimum atomic E-state index is -0.189. The van der Waals surface area contributed by atoms with E-state index in [4.69, 9.17) is 10.5 Å². The van der Waals surface area contributed by atoms with Gasteiger partial charge in [0.25, 0.3) is 0 Å². The number of rotatable bonds is 5. The molecule has 0 aromatic heterocycles. The molecule has 0 aliphatic carbocycles. The standard InChI is InChI=1S/C9H19NO2/c1-4-12-9(11)6-8(10)5-7(2)3/h7-8H,4-6,10H2,1-3H3/t8-/m0/s1. The molecule has 3 nitrogen and oxygen atoms in total. The van der Waals surface area contributed by atoms with Crippen LogP contribution in [-0.2, 0) is 9.53 Å². The molecule has 0 bridgehead atoms. The Hall–Kier alpha value is -0.570. The molecule has 0 saturated heterocycles. The maximum atomic E-state index is 10.9. The highest BCUT2D eigenvalue weighted by Gasteiger charge is 2.11. The van der Waals surface area contributed by atoms with Gasteiger partial charge in [0, 0.05) is 6.04 Å². The quantitative estimate of drug-likeness (QED) is 0.638. The van der Waals surface area contributed by atoms with E-state index in [-0.39, 0.29) is 12.0 Å². The molecule has 0 heterocycles. The maximum Gasteiger partial charge on any atom is 0.307 e. The Kier molecular flexibility index (Phi) is 5.72. The third-order valence-electron chi connectivity index (χ3n) is 1.51. The van der Waals surface area contributed by atoms with Crippen molar-refractivity contribution >= 4 is 5.97 Å². The molecule has 0 unspecified atom stereocenters. The number of carbonyl (C=O) groups excluding carboxylic acids is 1. The van der Waals surface area contributed by atoms with Crippen LogP contribution in [0.25, 0.3) is 0 Å². The van der Waals surface area contributed by atoms with Crippen LogP contribution in [0.2, 0.25) is 0 Å². The molecule has 12 heavy (non-hydrogen) atoms. The van der Waals surface area contributed by atoms with Gasteiger partial charge in [-0.3, -0.25) is 4.79 Å². The van der Waals surface area contributed by atoms with Crippen molar-refractivity contribution < 1.29 is 9.53 Å². The zero-order valence-electron chi connectivity index (χ0n) is 8.17. The average Bonchev–Trinajstić information content (AvgIpc) is 1.84. The first-order valence-corrected chi connectivity index (χ1v) is 4.47. The smallest absolute Gasteiger partial charge is 0.307 e. The normalized spacial score (nSPS) is 13.1. The fourth-order valence-electron chi connectivity index (χ4n) is 1.12. The SMILES string of the molecule is CCOC(=O)C[C@@H](N)CC(C)C. The second-order valence-corrected chi connectivity index (χ2v) is 3.40. The van der Waals surface area contributed by atoms with Crippen molar-refractivity contribution in [3.05, 3.63) is 0 Å². The summed E-state index contributed by atoms with van der Waals surface area (Å²) in [5.74, 6) is 0.347. The molecule has 0 rings (SSSR count). The van der Waals surface area contributed by atoms with Crippen LogP contribution in [0.5, 0.6) is 0 Å². The van der Waals surface area contributed by atoms with Crippen molar-refractivity contribution in [2.45, 2.75) is 39.7 Å². The fourth-order valence-corrected chi connectivity index (χ4v) is 1.12. The molecule has 3 heteroatoms. The summed E-state index contributed by atoms with van der Waals surface area (Å²) in [4.78, 5) is 10.9. The second kappa shape index (κ2) is 6.00. The Morgan fingerprint density at radius 1 is 1.50 bits per heavy atom. The molecular weight excluding hydrogens is 154 g/mol. The Bertz CT molecular complexity index is 134. The van der Waals surface area contributed by atoms with Gasteiger partial charge in [0.2, 0.25) is 0 Å². The van der Waals surface area contributed by atoms with E-state index in [0.717, 1.165) is 6.42 Å². The number of esters is 1. The Labute approximate surface area is 74.3 Å². The third-order valence-corrected chi connectivity index (χ3v) is 1.51. The van der Waals surface area contributed by atoms with Gasteiger partial charge in [-0.05, 0) is 19.3 Å². The van der Waals surface area contributed by atoms with Gasteiger partial charge in [-0.25, -0.2) is 0 Å². The van der Waals surface area contributed by atoms with Gasteiger partial charge in [-0.15, -0.1) is 0 Å². The lowest BCUT2D eigenvalue weighted by Crippen LogP contribution is -2.26. The Balaban J connectivity index is 3.54. The molecule has 72 valence electrons. The van der Waals surface area contributed by atoms with Gasteiger partial charge >= 0.3 is 5.97 Å². The number of ether oxygens (including phenoxy) is 1. The highest BCUT2D eigenvalue weighted by molar-refractivity contribution is 5.70. The maximum absolute atomic E-state index is 10.9. The zero-order chi connectivity index (χ0) is 9.56. The van der Waals surface area contributed by atoms with Crippen LogP contribution in [0.4, 0.5) is 0 Å². The predicted molar refractivity (Wildman–Crippen MR) is 48.7 cm³/mol. The van der Waals surface area contributed by atoms with Gasteiger partial charge in [0.05, 0.1) is 13.0 Å². The number of hydrogen-bond acceptors (Lipinski definition) is 3. The van der Waals surface area contributed by atoms with Crippen molar-refractivity contribution in [3.63, 3.8) is 0 Å². The van der Waals surface area contributed by atoms with E-state index in [1.54, 1.807) is 6.92 Å². The summed E-state index contributed by atoms with van der Waals surface area (Å²) < 4.78 is 4.78. The molecule has 0 radical (unpaired) electrons. The van der Waals surface area contributed by atoms with Crippen molar-refractivity contribution in [3.8, 4) is 0 Å². The number of hydrogen-bond donors (Lipinski definition) is 1. The van der Waals surface area contributed by atoms with Gasteiger partial charge in [0.15, 0.2) is 0 Å². The van der Waals surface area contributed by atoms with E-state index < -0.39 is 0 Å². The van der Waals surface area contributed by atoms with Gasteiger partial charge in [0.1, 0.15) is 0 Å². The third kappa shape index (κ3) is 6.16. The van der Waals surface area contributed by atoms with Crippen LogP contribution in [0.15, 0.2) is 0 Å². The minimum absolute atomic E-state index is 0.0518. The van der Waals surface area contributed by atoms with Crippen LogP contribution < -0.4 is 5.73 Å². The van der Waals surface area contributed by atoms with Crippen LogP contribution in [0.1, 0.15) is 33.6 Å². The highest BCUT2D eigenvalue weighted by Crippen LogP contribution is 2.06. The van der Waals surface area contributed by atoms with Crippen molar-refractivity contribution in [1.29, 1.82) is 0 Å². The van der Waals surface area contributed by atoms with E-state index >= 15 is 0 Å². The molecule has 0 aromatic carbocycles. The molecule has 0 amide bonds. The second-order valence-electron chi connectivity index (χ2n) is 3.40. The summed E-state index contributed by atoms with van der Waals surface area (Å²) >= 11 is 0. The van der Waals surface area contributed by atoms with Crippen molar-refractivity contribution in [2.24, 2.45) is 11.7 Å². The topological polar surface area (TPSA) is 52.3 Å². The van der Waals surface area contributed by atoms with E-state index in [9.17, 15) is 4.79 Å². The first-order valence-electron chi connectivity index (χ1n) is 4.47. The summed E-state index contributed by atoms with van der Waals surface area (Å²) in [6.07, 6.45) is 1.21. The van der Waals surface area contributed by atoms with E-state index in [1.807, 2.05) is 0 Å². The van der Waals surface area contributed by atoms with Crippen LogP contribution >= 0.6 is 0 Å². The molecule has 0 saturated carbocycles. The number of nitrogens with two attached hydrogens (primary N) is 1. The summed E-state index contributed by atoms with van der Waals surface area (Å²) in [7, 11) is 0. The summed E-state index contributed by atoms with van der Waals surface area (Å²) in [6, 6.07) is -0.0518. The lowest BCUT2D eigenvalue weighted by atomic mass is 10.0. The molecule has 0 aliphatic rings. The minimum Gasteiger partial charge on any atom is -0.466 e. The first kappa shape index (κ1) is 11.4. The first-order chi connectivity index (χ1) is 5.56. The van der Waals surface area contributed by atoms with Crippen molar-refractivity contribution in [1.82, 2.24) is 0 Å². The van der Waals surface area contributed by atoms with E-state index in [2.05, 4.69) is 13.8 Å². The van der Waals surface area contributed by atoms with Crippen LogP contribution in [-0.4, -0.2) is 18.6 Å². The molecule has 0 aliphatic heterocycles. The molecule has 0 spiro atoms. The Morgan fingerprint density at radius 2 is 2.08 bits per heavy atom. The monoisotopic (exact) mass is 173 g/mol. The van der Waals surface area contributed by atoms with Crippen LogP contribution in [0, 0.1) is 5.92 Å². The molecule has 1 atom stereocenters. The van der Waals surface area contributed by atoms with Gasteiger partial charge < -0.3 is 10.5 Å². The van der Waals surface area contributed by atoms with Crippen LogP contribution in [0.3, 0.4) is 0 Å². The summed E-state index contributed by atoms with van der Waals surface area (Å²) in [6.45, 7) is 6.41. The van der Waals surface area contributed by atoms with Crippen molar-refractivity contribution in [2.75, 3.05) is 6.61 Å². The zero-order valence-corrected chi connectivity index (χ0v) is 8.17. The predicted octanol–water partition coefficient (Wildman–Crippen LogP) is 1.31. The lowest BCUT2D eigenvalue weighted by molar-refractivity contribution is -0.143. The summed E-state index contributed by atoms with van der Waals surface area (Å²) in [5.41, 5.74) is 5.70. The highest BCUT2D eigenvalue weighted by atomic mass is 16.5. The van der Waals surface area contributed by atoms with Gasteiger partial charge in [-0.1, -0.05) is 13.8 Å². The van der Waals surface area contributed by atoms with E-state index in [0.29, 0.717) is 18.9 Å². The largest absolute Gasteiger partial charge is 0.466 e. The lowest BCUT2D eigenvalue weighted by Gasteiger charge is -2.12. The molecule has 0 fully saturated rings. The average molecular weight is 173 g/mol.